The fourth-order valence-electron chi connectivity index (χ4n) is 6.64. The van der Waals surface area contributed by atoms with Gasteiger partial charge >= 0.3 is 0 Å². The smallest absolute Gasteiger partial charge is 0.257 e. The van der Waals surface area contributed by atoms with Crippen molar-refractivity contribution in [1.82, 2.24) is 9.80 Å². The van der Waals surface area contributed by atoms with Crippen LogP contribution in [-0.4, -0.2) is 60.9 Å². The third-order valence-corrected chi connectivity index (χ3v) is 9.73. The number of hydrogen-bond donors (Lipinski definition) is 1. The summed E-state index contributed by atoms with van der Waals surface area (Å²) in [7, 11) is 1.59. The van der Waals surface area contributed by atoms with E-state index in [0.29, 0.717) is 59.9 Å². The number of methoxy groups -OCH3 is 1. The molecule has 8 heteroatoms. The molecule has 2 N–H and O–H groups in total. The molecule has 2 saturated heterocycles. The van der Waals surface area contributed by atoms with Gasteiger partial charge in [0.2, 0.25) is 5.91 Å². The maximum Gasteiger partial charge on any atom is 0.257 e. The normalized spacial score (nSPS) is 24.1. The lowest BCUT2D eigenvalue weighted by atomic mass is 9.62. The van der Waals surface area contributed by atoms with Crippen LogP contribution in [0.4, 0.5) is 0 Å². The van der Waals surface area contributed by atoms with Crippen LogP contribution in [0.2, 0.25) is 10.0 Å². The van der Waals surface area contributed by atoms with Crippen LogP contribution in [-0.2, 0) is 10.2 Å². The Morgan fingerprint density at radius 2 is 1.70 bits per heavy atom. The van der Waals surface area contributed by atoms with Crippen molar-refractivity contribution in [2.24, 2.45) is 11.7 Å². The summed E-state index contributed by atoms with van der Waals surface area (Å²) in [6, 6.07) is 23.0. The fraction of sp³-hybridized carbons (Fsp3) is 0.375. The molecule has 3 aromatic rings. The number of rotatable bonds is 7. The summed E-state index contributed by atoms with van der Waals surface area (Å²) in [6.45, 7) is 4.95. The van der Waals surface area contributed by atoms with E-state index >= 15 is 0 Å². The van der Waals surface area contributed by atoms with Gasteiger partial charge in [0, 0.05) is 31.6 Å². The highest BCUT2D eigenvalue weighted by molar-refractivity contribution is 6.42. The van der Waals surface area contributed by atoms with Gasteiger partial charge in [-0.15, -0.1) is 0 Å². The molecule has 2 aliphatic heterocycles. The number of benzene rings is 3. The zero-order chi connectivity index (χ0) is 28.4. The van der Waals surface area contributed by atoms with E-state index in [9.17, 15) is 9.59 Å². The van der Waals surface area contributed by atoms with E-state index in [2.05, 4.69) is 11.8 Å². The summed E-state index contributed by atoms with van der Waals surface area (Å²) in [5, 5.41) is 0.929. The Hall–Kier alpha value is -3.06. The number of carbonyl (C=O) groups is 2. The number of primary amides is 1. The summed E-state index contributed by atoms with van der Waals surface area (Å²) in [5.74, 6) is 0.332. The minimum atomic E-state index is -0.879. The molecule has 0 aliphatic carbocycles. The summed E-state index contributed by atoms with van der Waals surface area (Å²) in [5.41, 5.74) is 7.80. The number of para-hydroxylation sites is 1. The molecule has 2 fully saturated rings. The Balaban J connectivity index is 1.41. The number of amides is 2. The Morgan fingerprint density at radius 3 is 2.40 bits per heavy atom. The molecule has 4 atom stereocenters. The first-order valence-corrected chi connectivity index (χ1v) is 14.5. The van der Waals surface area contributed by atoms with Gasteiger partial charge in [0.15, 0.2) is 0 Å². The second-order valence-corrected chi connectivity index (χ2v) is 11.7. The molecule has 2 heterocycles. The molecule has 0 radical (unpaired) electrons. The molecule has 210 valence electrons. The highest BCUT2D eigenvalue weighted by Gasteiger charge is 2.51. The second kappa shape index (κ2) is 11.8. The second-order valence-electron chi connectivity index (χ2n) is 10.9. The van der Waals surface area contributed by atoms with Crippen LogP contribution < -0.4 is 10.5 Å². The van der Waals surface area contributed by atoms with E-state index in [1.807, 2.05) is 71.6 Å². The maximum atomic E-state index is 13.3. The number of hydrogen-bond acceptors (Lipinski definition) is 4. The molecule has 2 amide bonds. The molecular weight excluding hydrogens is 545 g/mol. The van der Waals surface area contributed by atoms with E-state index in [1.165, 1.54) is 0 Å². The lowest BCUT2D eigenvalue weighted by Gasteiger charge is -2.49. The molecule has 40 heavy (non-hydrogen) atoms. The van der Waals surface area contributed by atoms with Crippen molar-refractivity contribution in [1.29, 1.82) is 0 Å². The lowest BCUT2D eigenvalue weighted by Crippen LogP contribution is -2.57. The van der Waals surface area contributed by atoms with Gasteiger partial charge in [-0.3, -0.25) is 14.5 Å². The van der Waals surface area contributed by atoms with Gasteiger partial charge < -0.3 is 15.4 Å². The van der Waals surface area contributed by atoms with E-state index in [4.69, 9.17) is 33.7 Å². The van der Waals surface area contributed by atoms with E-state index in [1.54, 1.807) is 13.2 Å². The van der Waals surface area contributed by atoms with Crippen LogP contribution >= 0.6 is 23.2 Å². The molecule has 4 unspecified atom stereocenters. The zero-order valence-electron chi connectivity index (χ0n) is 22.9. The van der Waals surface area contributed by atoms with Crippen LogP contribution in [0, 0.1) is 5.92 Å². The minimum absolute atomic E-state index is 0.00343. The van der Waals surface area contributed by atoms with E-state index in [-0.39, 0.29) is 23.8 Å². The van der Waals surface area contributed by atoms with Crippen LogP contribution in [0.25, 0.3) is 0 Å². The molecule has 3 aromatic carbocycles. The number of ether oxygens (including phenoxy) is 1. The monoisotopic (exact) mass is 579 g/mol. The molecule has 2 aliphatic rings. The van der Waals surface area contributed by atoms with Gasteiger partial charge in [0.05, 0.1) is 28.1 Å². The van der Waals surface area contributed by atoms with Crippen molar-refractivity contribution in [2.75, 3.05) is 33.3 Å². The molecule has 0 saturated carbocycles. The van der Waals surface area contributed by atoms with Gasteiger partial charge in [-0.25, -0.2) is 0 Å². The Bertz CT molecular complexity index is 1380. The first-order chi connectivity index (χ1) is 19.3. The molecular formula is C32H35Cl2N3O3. The summed E-state index contributed by atoms with van der Waals surface area (Å²) in [4.78, 5) is 31.1. The number of likely N-dealkylation sites (tertiary alicyclic amines) is 2. The first kappa shape index (κ1) is 28.5. The summed E-state index contributed by atoms with van der Waals surface area (Å²) >= 11 is 12.7. The molecule has 0 aromatic heterocycles. The molecule has 0 spiro atoms. The van der Waals surface area contributed by atoms with Crippen molar-refractivity contribution in [2.45, 2.75) is 37.1 Å². The lowest BCUT2D eigenvalue weighted by molar-refractivity contribution is -0.126. The van der Waals surface area contributed by atoms with Gasteiger partial charge in [-0.1, -0.05) is 71.7 Å². The van der Waals surface area contributed by atoms with Crippen molar-refractivity contribution < 1.29 is 14.3 Å². The third-order valence-electron chi connectivity index (χ3n) is 8.99. The highest BCUT2D eigenvalue weighted by atomic mass is 35.5. The highest BCUT2D eigenvalue weighted by Crippen LogP contribution is 2.47. The Morgan fingerprint density at radius 1 is 0.975 bits per heavy atom. The maximum absolute atomic E-state index is 13.3. The fourth-order valence-corrected chi connectivity index (χ4v) is 6.94. The van der Waals surface area contributed by atoms with Gasteiger partial charge in [0.1, 0.15) is 5.75 Å². The number of nitrogens with two attached hydrogens (primary N) is 1. The van der Waals surface area contributed by atoms with Crippen LogP contribution in [0.5, 0.6) is 5.75 Å². The predicted molar refractivity (Wildman–Crippen MR) is 159 cm³/mol. The van der Waals surface area contributed by atoms with Crippen molar-refractivity contribution in [3.63, 3.8) is 0 Å². The summed E-state index contributed by atoms with van der Waals surface area (Å²) < 4.78 is 5.43. The van der Waals surface area contributed by atoms with Gasteiger partial charge in [-0.05, 0) is 67.6 Å². The number of halogens is 2. The standard InChI is InChI=1S/C32H35Cl2N3O3/c1-21(23-14-16-37(19-23)30(38)25-10-6-7-11-29(25)40-2)36-17-15-32(31(35)39,24-8-4-3-5-9-24)26(20-36)22-12-13-27(33)28(34)18-22/h3-13,18,21,23,26H,14-17,19-20H2,1-2H3,(H2,35,39). The average molecular weight is 581 g/mol. The molecule has 5 rings (SSSR count). The summed E-state index contributed by atoms with van der Waals surface area (Å²) in [6.07, 6.45) is 1.49. The van der Waals surface area contributed by atoms with Crippen molar-refractivity contribution in [3.05, 3.63) is 99.5 Å². The van der Waals surface area contributed by atoms with Crippen molar-refractivity contribution in [3.8, 4) is 5.75 Å². The predicted octanol–water partition coefficient (Wildman–Crippen LogP) is 5.77. The largest absolute Gasteiger partial charge is 0.496 e. The Kier molecular flexibility index (Phi) is 8.41. The quantitative estimate of drug-likeness (QED) is 0.386. The zero-order valence-corrected chi connectivity index (χ0v) is 24.4. The number of carbonyl (C=O) groups excluding carboxylic acids is 2. The molecule has 6 nitrogen and oxygen atoms in total. The van der Waals surface area contributed by atoms with E-state index in [0.717, 1.165) is 17.5 Å². The van der Waals surface area contributed by atoms with Crippen molar-refractivity contribution >= 4 is 35.0 Å². The average Bonchev–Trinajstić information content (AvgIpc) is 3.48. The Labute approximate surface area is 246 Å². The number of nitrogens with zero attached hydrogens (tertiary/aromatic N) is 2. The minimum Gasteiger partial charge on any atom is -0.496 e. The van der Waals surface area contributed by atoms with Crippen LogP contribution in [0.3, 0.4) is 0 Å². The van der Waals surface area contributed by atoms with Crippen LogP contribution in [0.1, 0.15) is 47.2 Å². The topological polar surface area (TPSA) is 75.9 Å². The third kappa shape index (κ3) is 5.20. The number of piperidine rings is 1. The van der Waals surface area contributed by atoms with Crippen LogP contribution in [0.15, 0.2) is 72.8 Å². The molecule has 0 bridgehead atoms. The first-order valence-electron chi connectivity index (χ1n) is 13.7. The SMILES string of the molecule is COc1ccccc1C(=O)N1CCC(C(C)N2CCC(C(N)=O)(c3ccccc3)C(c3ccc(Cl)c(Cl)c3)C2)C1. The van der Waals surface area contributed by atoms with E-state index < -0.39 is 5.41 Å². The van der Waals surface area contributed by atoms with Gasteiger partial charge in [0.25, 0.3) is 5.91 Å². The van der Waals surface area contributed by atoms with Gasteiger partial charge in [-0.2, -0.15) is 0 Å².